The van der Waals surface area contributed by atoms with Gasteiger partial charge in [-0.05, 0) is 36.1 Å². The Morgan fingerprint density at radius 3 is 2.47 bits per heavy atom. The Morgan fingerprint density at radius 1 is 1.32 bits per heavy atom. The van der Waals surface area contributed by atoms with E-state index in [0.29, 0.717) is 18.7 Å². The molecule has 0 bridgehead atoms. The molecule has 6 heteroatoms. The summed E-state index contributed by atoms with van der Waals surface area (Å²) in [5, 5.41) is 0. The molecule has 1 aromatic carbocycles. The number of hydrogen-bond acceptors (Lipinski definition) is 2. The van der Waals surface area contributed by atoms with Crippen molar-refractivity contribution in [1.29, 1.82) is 0 Å². The van der Waals surface area contributed by atoms with Gasteiger partial charge in [-0.2, -0.15) is 0 Å². The highest BCUT2D eigenvalue weighted by Gasteiger charge is 2.31. The average molecular weight is 287 g/mol. The standard InChI is InChI=1S/C13H22FN3OS/c1-13(15,11-6-2-3-7-12(11)14)10-19(18)16-8-4-5-9-17-19/h2-3,6-7,19H,4-5,8-10,15H2,1H3,(H2,16,17,18)/t13-/m0/s1. The minimum absolute atomic E-state index is 0.195. The van der Waals surface area contributed by atoms with E-state index >= 15 is 0 Å². The maximum absolute atomic E-state index is 13.8. The third-order valence-corrected chi connectivity index (χ3v) is 5.95. The molecule has 1 heterocycles. The molecule has 4 N–H and O–H groups in total. The number of nitrogens with two attached hydrogens (primary N) is 1. The van der Waals surface area contributed by atoms with Crippen molar-refractivity contribution in [2.45, 2.75) is 25.3 Å². The first-order valence-electron chi connectivity index (χ1n) is 6.56. The number of hydrogen-bond donors (Lipinski definition) is 4. The zero-order chi connectivity index (χ0) is 13.9. The Kier molecular flexibility index (Phi) is 4.35. The zero-order valence-electron chi connectivity index (χ0n) is 11.2. The largest absolute Gasteiger partial charge is 0.321 e. The van der Waals surface area contributed by atoms with Crippen molar-refractivity contribution >= 4 is 10.3 Å². The predicted octanol–water partition coefficient (Wildman–Crippen LogP) is 0.819. The van der Waals surface area contributed by atoms with Crippen LogP contribution in [0, 0.1) is 5.82 Å². The fourth-order valence-corrected chi connectivity index (χ4v) is 4.88. The summed E-state index contributed by atoms with van der Waals surface area (Å²) in [7, 11) is -2.76. The Bertz CT molecular complexity index is 481. The van der Waals surface area contributed by atoms with E-state index in [1.807, 2.05) is 0 Å². The SMILES string of the molecule is C[C@](N)(C[SH]1(=O)NCCCCN1)c1ccccc1F. The monoisotopic (exact) mass is 287 g/mol. The fraction of sp³-hybridized carbons (Fsp3) is 0.538. The molecule has 0 aromatic heterocycles. The Hall–Kier alpha value is -0.820. The normalized spacial score (nSPS) is 24.2. The van der Waals surface area contributed by atoms with E-state index < -0.39 is 15.8 Å². The van der Waals surface area contributed by atoms with Crippen LogP contribution in [0.25, 0.3) is 0 Å². The molecule has 0 aliphatic carbocycles. The van der Waals surface area contributed by atoms with Crippen molar-refractivity contribution in [3.05, 3.63) is 35.6 Å². The first-order chi connectivity index (χ1) is 8.93. The van der Waals surface area contributed by atoms with Crippen LogP contribution in [0.4, 0.5) is 4.39 Å². The van der Waals surface area contributed by atoms with Gasteiger partial charge in [0.05, 0.1) is 5.54 Å². The quantitative estimate of drug-likeness (QED) is 0.622. The van der Waals surface area contributed by atoms with Gasteiger partial charge in [0.1, 0.15) is 5.82 Å². The van der Waals surface area contributed by atoms with Crippen LogP contribution in [-0.2, 0) is 15.8 Å². The summed E-state index contributed by atoms with van der Waals surface area (Å²) in [6.07, 6.45) is 1.97. The van der Waals surface area contributed by atoms with Crippen LogP contribution in [0.15, 0.2) is 24.3 Å². The molecule has 0 spiro atoms. The highest BCUT2D eigenvalue weighted by Crippen LogP contribution is 2.24. The first kappa shape index (κ1) is 14.6. The number of nitrogens with one attached hydrogen (secondary N) is 2. The van der Waals surface area contributed by atoms with Gasteiger partial charge in [-0.3, -0.25) is 4.21 Å². The molecule has 1 saturated heterocycles. The van der Waals surface area contributed by atoms with Crippen molar-refractivity contribution < 1.29 is 8.60 Å². The van der Waals surface area contributed by atoms with E-state index in [-0.39, 0.29) is 11.6 Å². The molecule has 19 heavy (non-hydrogen) atoms. The topological polar surface area (TPSA) is 67.2 Å². The number of thiol groups is 1. The van der Waals surface area contributed by atoms with Crippen LogP contribution < -0.4 is 15.2 Å². The summed E-state index contributed by atoms with van der Waals surface area (Å²) in [4.78, 5) is 0. The van der Waals surface area contributed by atoms with Gasteiger partial charge < -0.3 is 5.73 Å². The smallest absolute Gasteiger partial charge is 0.128 e. The third-order valence-electron chi connectivity index (χ3n) is 3.38. The number of benzene rings is 1. The van der Waals surface area contributed by atoms with Crippen LogP contribution in [0.1, 0.15) is 25.3 Å². The molecule has 1 aliphatic rings. The van der Waals surface area contributed by atoms with Crippen LogP contribution in [0.2, 0.25) is 0 Å². The van der Waals surface area contributed by atoms with Gasteiger partial charge in [0.25, 0.3) is 0 Å². The first-order valence-corrected chi connectivity index (χ1v) is 8.45. The zero-order valence-corrected chi connectivity index (χ0v) is 12.1. The van der Waals surface area contributed by atoms with Gasteiger partial charge in [0.2, 0.25) is 0 Å². The minimum atomic E-state index is -2.76. The van der Waals surface area contributed by atoms with Gasteiger partial charge in [-0.25, -0.2) is 13.8 Å². The van der Waals surface area contributed by atoms with Crippen LogP contribution >= 0.6 is 0 Å². The predicted molar refractivity (Wildman–Crippen MR) is 77.6 cm³/mol. The lowest BCUT2D eigenvalue weighted by Crippen LogP contribution is -2.53. The van der Waals surface area contributed by atoms with Gasteiger partial charge in [-0.15, -0.1) is 0 Å². The molecular formula is C13H22FN3OS. The highest BCUT2D eigenvalue weighted by molar-refractivity contribution is 7.99. The van der Waals surface area contributed by atoms with Crippen molar-refractivity contribution in [3.8, 4) is 0 Å². The van der Waals surface area contributed by atoms with E-state index in [1.54, 1.807) is 25.1 Å². The Morgan fingerprint density at radius 2 is 1.89 bits per heavy atom. The summed E-state index contributed by atoms with van der Waals surface area (Å²) in [5.74, 6) is -0.157. The molecule has 4 nitrogen and oxygen atoms in total. The Balaban J connectivity index is 2.21. The second-order valence-corrected chi connectivity index (χ2v) is 7.75. The Labute approximate surface area is 114 Å². The summed E-state index contributed by atoms with van der Waals surface area (Å²) in [6.45, 7) is 3.13. The third kappa shape index (κ3) is 3.60. The van der Waals surface area contributed by atoms with E-state index in [0.717, 1.165) is 12.8 Å². The average Bonchev–Trinajstić information content (AvgIpc) is 2.53. The van der Waals surface area contributed by atoms with E-state index in [9.17, 15) is 8.60 Å². The lowest BCUT2D eigenvalue weighted by Gasteiger charge is -2.34. The molecule has 1 atom stereocenters. The van der Waals surface area contributed by atoms with Crippen molar-refractivity contribution in [2.75, 3.05) is 18.8 Å². The number of halogens is 1. The van der Waals surface area contributed by atoms with E-state index in [2.05, 4.69) is 9.44 Å². The summed E-state index contributed by atoms with van der Waals surface area (Å²) in [6, 6.07) is 6.40. The van der Waals surface area contributed by atoms with Gasteiger partial charge in [-0.1, -0.05) is 18.2 Å². The second kappa shape index (κ2) is 5.66. The highest BCUT2D eigenvalue weighted by atomic mass is 32.3. The summed E-state index contributed by atoms with van der Waals surface area (Å²) < 4.78 is 32.7. The van der Waals surface area contributed by atoms with Crippen LogP contribution in [-0.4, -0.2) is 23.1 Å². The maximum Gasteiger partial charge on any atom is 0.128 e. The second-order valence-electron chi connectivity index (χ2n) is 5.32. The summed E-state index contributed by atoms with van der Waals surface area (Å²) in [5.41, 5.74) is 5.65. The molecule has 2 rings (SSSR count). The van der Waals surface area contributed by atoms with Crippen LogP contribution in [0.5, 0.6) is 0 Å². The molecule has 0 amide bonds. The van der Waals surface area contributed by atoms with Crippen molar-refractivity contribution in [1.82, 2.24) is 9.44 Å². The molecule has 108 valence electrons. The van der Waals surface area contributed by atoms with Gasteiger partial charge >= 0.3 is 0 Å². The molecule has 0 unspecified atom stereocenters. The van der Waals surface area contributed by atoms with Crippen molar-refractivity contribution in [3.63, 3.8) is 0 Å². The van der Waals surface area contributed by atoms with Crippen molar-refractivity contribution in [2.24, 2.45) is 5.73 Å². The molecule has 0 saturated carbocycles. The molecule has 1 fully saturated rings. The summed E-state index contributed by atoms with van der Waals surface area (Å²) >= 11 is 0. The molecule has 0 radical (unpaired) electrons. The molecule has 1 aliphatic heterocycles. The van der Waals surface area contributed by atoms with E-state index in [1.165, 1.54) is 6.07 Å². The van der Waals surface area contributed by atoms with E-state index in [4.69, 9.17) is 5.73 Å². The maximum atomic E-state index is 13.8. The molecular weight excluding hydrogens is 265 g/mol. The minimum Gasteiger partial charge on any atom is -0.321 e. The van der Waals surface area contributed by atoms with Gasteiger partial charge in [0.15, 0.2) is 0 Å². The number of rotatable bonds is 3. The molecule has 1 aromatic rings. The lowest BCUT2D eigenvalue weighted by molar-refractivity contribution is 0.498. The lowest BCUT2D eigenvalue weighted by atomic mass is 9.95. The van der Waals surface area contributed by atoms with Gasteiger partial charge in [0, 0.05) is 24.4 Å². The fourth-order valence-electron chi connectivity index (χ4n) is 2.41. The van der Waals surface area contributed by atoms with Crippen LogP contribution in [0.3, 0.4) is 0 Å².